The van der Waals surface area contributed by atoms with Gasteiger partial charge in [-0.1, -0.05) is 43.7 Å². The van der Waals surface area contributed by atoms with E-state index >= 15 is 0 Å². The number of aromatic nitrogens is 1. The van der Waals surface area contributed by atoms with E-state index in [1.165, 1.54) is 22.5 Å². The minimum Gasteiger partial charge on any atom is -0.379 e. The Labute approximate surface area is 172 Å². The van der Waals surface area contributed by atoms with Crippen LogP contribution in [0.3, 0.4) is 0 Å². The molecule has 1 atom stereocenters. The van der Waals surface area contributed by atoms with Crippen molar-refractivity contribution in [2.24, 2.45) is 5.92 Å². The lowest BCUT2D eigenvalue weighted by Gasteiger charge is -2.35. The van der Waals surface area contributed by atoms with Crippen LogP contribution in [0.4, 0.5) is 0 Å². The molecular formula is C22H31N3O2S. The number of carbonyl (C=O) groups is 1. The Morgan fingerprint density at radius 3 is 2.71 bits per heavy atom. The zero-order chi connectivity index (χ0) is 20.1. The molecule has 28 heavy (non-hydrogen) atoms. The molecule has 3 rings (SSSR count). The molecule has 1 saturated heterocycles. The normalized spacial score (nSPS) is 16.3. The Kier molecular flexibility index (Phi) is 7.21. The summed E-state index contributed by atoms with van der Waals surface area (Å²) in [5.74, 6) is 0.518. The topological polar surface area (TPSA) is 54.5 Å². The molecule has 0 saturated carbocycles. The van der Waals surface area contributed by atoms with Crippen LogP contribution < -0.4 is 5.32 Å². The minimum absolute atomic E-state index is 0.0177. The van der Waals surface area contributed by atoms with Crippen LogP contribution in [0.5, 0.6) is 0 Å². The fourth-order valence-electron chi connectivity index (χ4n) is 3.59. The van der Waals surface area contributed by atoms with Gasteiger partial charge in [0.15, 0.2) is 0 Å². The average Bonchev–Trinajstić information content (AvgIpc) is 3.02. The number of amides is 1. The maximum Gasteiger partial charge on any atom is 0.263 e. The lowest BCUT2D eigenvalue weighted by atomic mass is 10.0. The molecule has 0 spiro atoms. The largest absolute Gasteiger partial charge is 0.379 e. The van der Waals surface area contributed by atoms with Crippen LogP contribution in [0, 0.1) is 19.8 Å². The summed E-state index contributed by atoms with van der Waals surface area (Å²) >= 11 is 1.52. The predicted molar refractivity (Wildman–Crippen MR) is 114 cm³/mol. The van der Waals surface area contributed by atoms with Gasteiger partial charge in [0.25, 0.3) is 5.91 Å². The third kappa shape index (κ3) is 5.40. The molecular weight excluding hydrogens is 370 g/mol. The summed E-state index contributed by atoms with van der Waals surface area (Å²) in [6.45, 7) is 12.2. The number of ether oxygens (including phenoxy) is 1. The fourth-order valence-corrected chi connectivity index (χ4v) is 4.79. The quantitative estimate of drug-likeness (QED) is 0.767. The molecule has 2 heterocycles. The summed E-state index contributed by atoms with van der Waals surface area (Å²) in [5.41, 5.74) is 3.30. The molecule has 1 aromatic heterocycles. The second kappa shape index (κ2) is 9.63. The first-order valence-corrected chi connectivity index (χ1v) is 10.9. The Bertz CT molecular complexity index is 797. The highest BCUT2D eigenvalue weighted by atomic mass is 32.1. The summed E-state index contributed by atoms with van der Waals surface area (Å²) in [7, 11) is 0. The highest BCUT2D eigenvalue weighted by molar-refractivity contribution is 7.13. The van der Waals surface area contributed by atoms with Crippen molar-refractivity contribution in [3.63, 3.8) is 0 Å². The Morgan fingerprint density at radius 2 is 2.04 bits per heavy atom. The SMILES string of the molecule is Cc1cccc(C(CNC(=O)c2sc(CC(C)C)nc2C)N2CCOCC2)c1. The van der Waals surface area contributed by atoms with Gasteiger partial charge in [-0.3, -0.25) is 9.69 Å². The van der Waals surface area contributed by atoms with E-state index in [0.717, 1.165) is 48.3 Å². The van der Waals surface area contributed by atoms with E-state index in [4.69, 9.17) is 4.74 Å². The van der Waals surface area contributed by atoms with Crippen molar-refractivity contribution in [3.05, 3.63) is 51.0 Å². The zero-order valence-corrected chi connectivity index (χ0v) is 18.1. The Balaban J connectivity index is 1.72. The van der Waals surface area contributed by atoms with Crippen LogP contribution in [-0.2, 0) is 11.2 Å². The molecule has 1 fully saturated rings. The second-order valence-electron chi connectivity index (χ2n) is 7.91. The Hall–Kier alpha value is -1.76. The van der Waals surface area contributed by atoms with E-state index in [1.807, 2.05) is 6.92 Å². The number of hydrogen-bond donors (Lipinski definition) is 1. The smallest absolute Gasteiger partial charge is 0.263 e. The molecule has 1 aliphatic heterocycles. The third-order valence-electron chi connectivity index (χ3n) is 5.00. The lowest BCUT2D eigenvalue weighted by Crippen LogP contribution is -2.43. The molecule has 5 nitrogen and oxygen atoms in total. The van der Waals surface area contributed by atoms with Gasteiger partial charge >= 0.3 is 0 Å². The van der Waals surface area contributed by atoms with Gasteiger partial charge in [-0.2, -0.15) is 0 Å². The second-order valence-corrected chi connectivity index (χ2v) is 8.99. The number of benzene rings is 1. The molecule has 0 aliphatic carbocycles. The zero-order valence-electron chi connectivity index (χ0n) is 17.3. The van der Waals surface area contributed by atoms with Crippen molar-refractivity contribution in [1.82, 2.24) is 15.2 Å². The van der Waals surface area contributed by atoms with Crippen molar-refractivity contribution < 1.29 is 9.53 Å². The summed E-state index contributed by atoms with van der Waals surface area (Å²) in [6, 6.07) is 8.71. The number of hydrogen-bond acceptors (Lipinski definition) is 5. The van der Waals surface area contributed by atoms with Gasteiger partial charge in [-0.25, -0.2) is 4.98 Å². The molecule has 1 unspecified atom stereocenters. The third-order valence-corrected chi connectivity index (χ3v) is 6.18. The van der Waals surface area contributed by atoms with Gasteiger partial charge < -0.3 is 10.1 Å². The van der Waals surface area contributed by atoms with E-state index in [0.29, 0.717) is 12.5 Å². The van der Waals surface area contributed by atoms with Crippen LogP contribution in [0.25, 0.3) is 0 Å². The number of nitrogens with zero attached hydrogens (tertiary/aromatic N) is 2. The van der Waals surface area contributed by atoms with Crippen LogP contribution in [0.1, 0.15) is 51.4 Å². The van der Waals surface area contributed by atoms with E-state index in [1.54, 1.807) is 0 Å². The van der Waals surface area contributed by atoms with E-state index in [-0.39, 0.29) is 11.9 Å². The first-order chi connectivity index (χ1) is 13.4. The highest BCUT2D eigenvalue weighted by Crippen LogP contribution is 2.24. The minimum atomic E-state index is -0.0177. The van der Waals surface area contributed by atoms with Crippen LogP contribution in [0.15, 0.2) is 24.3 Å². The van der Waals surface area contributed by atoms with Gasteiger partial charge in [0, 0.05) is 26.1 Å². The highest BCUT2D eigenvalue weighted by Gasteiger charge is 2.24. The maximum absolute atomic E-state index is 12.9. The summed E-state index contributed by atoms with van der Waals surface area (Å²) in [4.78, 5) is 20.6. The van der Waals surface area contributed by atoms with Gasteiger partial charge in [-0.05, 0) is 25.3 Å². The van der Waals surface area contributed by atoms with Gasteiger partial charge in [0.1, 0.15) is 4.88 Å². The van der Waals surface area contributed by atoms with Gasteiger partial charge in [-0.15, -0.1) is 11.3 Å². The average molecular weight is 402 g/mol. The number of morpholine rings is 1. The Morgan fingerprint density at radius 1 is 1.29 bits per heavy atom. The molecule has 1 aromatic carbocycles. The number of nitrogens with one attached hydrogen (secondary N) is 1. The van der Waals surface area contributed by atoms with Crippen LogP contribution in [-0.4, -0.2) is 48.6 Å². The van der Waals surface area contributed by atoms with Crippen LogP contribution >= 0.6 is 11.3 Å². The van der Waals surface area contributed by atoms with Crippen molar-refractivity contribution >= 4 is 17.2 Å². The molecule has 2 aromatic rings. The monoisotopic (exact) mass is 401 g/mol. The van der Waals surface area contributed by atoms with Crippen LogP contribution in [0.2, 0.25) is 0 Å². The molecule has 6 heteroatoms. The summed E-state index contributed by atoms with van der Waals surface area (Å²) in [6.07, 6.45) is 0.915. The number of thiazole rings is 1. The number of aryl methyl sites for hydroxylation is 2. The predicted octanol–water partition coefficient (Wildman–Crippen LogP) is 3.76. The van der Waals surface area contributed by atoms with Gasteiger partial charge in [0.2, 0.25) is 0 Å². The number of carbonyl (C=O) groups excluding carboxylic acids is 1. The van der Waals surface area contributed by atoms with E-state index < -0.39 is 0 Å². The molecule has 1 amide bonds. The van der Waals surface area contributed by atoms with E-state index in [9.17, 15) is 4.79 Å². The van der Waals surface area contributed by atoms with Gasteiger partial charge in [0.05, 0.1) is 30.0 Å². The van der Waals surface area contributed by atoms with Crippen molar-refractivity contribution in [1.29, 1.82) is 0 Å². The van der Waals surface area contributed by atoms with Crippen molar-refractivity contribution in [3.8, 4) is 0 Å². The van der Waals surface area contributed by atoms with Crippen molar-refractivity contribution in [2.45, 2.75) is 40.2 Å². The maximum atomic E-state index is 12.9. The first-order valence-electron chi connectivity index (χ1n) is 10.1. The molecule has 0 radical (unpaired) electrons. The standard InChI is InChI=1S/C22H31N3O2S/c1-15(2)12-20-24-17(4)21(28-20)22(26)23-14-19(25-8-10-27-11-9-25)18-7-5-6-16(3)13-18/h5-7,13,15,19H,8-12,14H2,1-4H3,(H,23,26). The molecule has 1 aliphatic rings. The molecule has 1 N–H and O–H groups in total. The molecule has 0 bridgehead atoms. The number of rotatable bonds is 7. The summed E-state index contributed by atoms with van der Waals surface area (Å²) < 4.78 is 5.52. The molecule has 152 valence electrons. The van der Waals surface area contributed by atoms with E-state index in [2.05, 4.69) is 60.2 Å². The van der Waals surface area contributed by atoms with Crippen molar-refractivity contribution in [2.75, 3.05) is 32.8 Å². The summed E-state index contributed by atoms with van der Waals surface area (Å²) in [5, 5.41) is 4.21. The lowest BCUT2D eigenvalue weighted by molar-refractivity contribution is 0.0162. The first kappa shape index (κ1) is 21.0. The fraction of sp³-hybridized carbons (Fsp3) is 0.545.